The Bertz CT molecular complexity index is 767. The first-order valence-corrected chi connectivity index (χ1v) is 8.92. The zero-order chi connectivity index (χ0) is 19.1. The van der Waals surface area contributed by atoms with Crippen LogP contribution in [0.3, 0.4) is 0 Å². The summed E-state index contributed by atoms with van der Waals surface area (Å²) in [6.45, 7) is 3.50. The van der Waals surface area contributed by atoms with E-state index in [1.807, 2.05) is 19.1 Å². The van der Waals surface area contributed by atoms with Crippen LogP contribution in [0.25, 0.3) is 0 Å². The highest BCUT2D eigenvalue weighted by Gasteiger charge is 2.29. The zero-order valence-corrected chi connectivity index (χ0v) is 15.3. The van der Waals surface area contributed by atoms with Gasteiger partial charge in [0.2, 0.25) is 11.8 Å². The van der Waals surface area contributed by atoms with Crippen LogP contribution < -0.4 is 5.32 Å². The molecule has 27 heavy (non-hydrogen) atoms. The fraction of sp³-hybridized carbons (Fsp3) is 0.421. The predicted molar refractivity (Wildman–Crippen MR) is 97.5 cm³/mol. The summed E-state index contributed by atoms with van der Waals surface area (Å²) in [5.74, 6) is -0.152. The van der Waals surface area contributed by atoms with E-state index in [9.17, 15) is 9.59 Å². The molecule has 1 saturated heterocycles. The molecule has 3 heterocycles. The summed E-state index contributed by atoms with van der Waals surface area (Å²) in [4.78, 5) is 39.1. The molecule has 0 aromatic carbocycles. The van der Waals surface area contributed by atoms with Crippen LogP contribution in [0.2, 0.25) is 0 Å². The summed E-state index contributed by atoms with van der Waals surface area (Å²) in [5, 5.41) is 2.83. The van der Waals surface area contributed by atoms with Crippen LogP contribution in [0.5, 0.6) is 0 Å². The second kappa shape index (κ2) is 9.18. The van der Waals surface area contributed by atoms with Crippen molar-refractivity contribution in [2.24, 2.45) is 0 Å². The number of carbonyl (C=O) groups is 2. The minimum Gasteiger partial charge on any atom is -0.377 e. The van der Waals surface area contributed by atoms with Crippen molar-refractivity contribution in [2.75, 3.05) is 19.8 Å². The lowest BCUT2D eigenvalue weighted by atomic mass is 10.1. The molecule has 8 nitrogen and oxygen atoms in total. The van der Waals surface area contributed by atoms with Crippen LogP contribution in [-0.4, -0.2) is 57.5 Å². The molecule has 0 radical (unpaired) electrons. The van der Waals surface area contributed by atoms with Gasteiger partial charge in [0.25, 0.3) is 0 Å². The molecule has 0 spiro atoms. The lowest BCUT2D eigenvalue weighted by Crippen LogP contribution is -2.51. The van der Waals surface area contributed by atoms with Gasteiger partial charge in [0.15, 0.2) is 0 Å². The van der Waals surface area contributed by atoms with Gasteiger partial charge in [-0.2, -0.15) is 0 Å². The van der Waals surface area contributed by atoms with Crippen molar-refractivity contribution in [3.05, 3.63) is 53.9 Å². The van der Waals surface area contributed by atoms with Crippen molar-refractivity contribution in [1.82, 2.24) is 25.2 Å². The minimum absolute atomic E-state index is 0.00768. The smallest absolute Gasteiger partial charge is 0.227 e. The predicted octanol–water partition coefficient (Wildman–Crippen LogP) is 0.656. The first kappa shape index (κ1) is 18.9. The van der Waals surface area contributed by atoms with E-state index in [0.717, 1.165) is 11.3 Å². The molecular formula is C19H23N5O3. The molecule has 2 aromatic heterocycles. The average Bonchev–Trinajstić information content (AvgIpc) is 2.69. The Morgan fingerprint density at radius 3 is 2.81 bits per heavy atom. The number of morpholine rings is 1. The van der Waals surface area contributed by atoms with E-state index in [1.54, 1.807) is 29.7 Å². The number of aryl methyl sites for hydroxylation is 1. The number of nitrogens with one attached hydrogen (secondary N) is 1. The quantitative estimate of drug-likeness (QED) is 0.803. The maximum absolute atomic E-state index is 12.7. The Morgan fingerprint density at radius 1 is 1.26 bits per heavy atom. The summed E-state index contributed by atoms with van der Waals surface area (Å²) >= 11 is 0. The zero-order valence-electron chi connectivity index (χ0n) is 15.3. The highest BCUT2D eigenvalue weighted by atomic mass is 16.5. The molecule has 142 valence electrons. The fourth-order valence-electron chi connectivity index (χ4n) is 2.92. The number of rotatable bonds is 6. The third-order valence-corrected chi connectivity index (χ3v) is 4.37. The molecule has 8 heteroatoms. The Hall–Kier alpha value is -2.87. The second-order valence-corrected chi connectivity index (χ2v) is 6.48. The van der Waals surface area contributed by atoms with Crippen molar-refractivity contribution in [1.29, 1.82) is 0 Å². The molecule has 0 saturated carbocycles. The van der Waals surface area contributed by atoms with Crippen molar-refractivity contribution >= 4 is 11.8 Å². The van der Waals surface area contributed by atoms with Gasteiger partial charge in [0, 0.05) is 31.6 Å². The van der Waals surface area contributed by atoms with E-state index in [0.29, 0.717) is 38.4 Å². The van der Waals surface area contributed by atoms with E-state index in [2.05, 4.69) is 20.3 Å². The topological polar surface area (TPSA) is 97.3 Å². The van der Waals surface area contributed by atoms with Crippen LogP contribution in [0.4, 0.5) is 0 Å². The van der Waals surface area contributed by atoms with E-state index < -0.39 is 0 Å². The molecule has 3 rings (SSSR count). The molecule has 1 atom stereocenters. The molecular weight excluding hydrogens is 346 g/mol. The van der Waals surface area contributed by atoms with Gasteiger partial charge in [-0.25, -0.2) is 0 Å². The highest BCUT2D eigenvalue weighted by Crippen LogP contribution is 2.13. The van der Waals surface area contributed by atoms with E-state index >= 15 is 0 Å². The first-order chi connectivity index (χ1) is 13.1. The van der Waals surface area contributed by atoms with Gasteiger partial charge in [-0.1, -0.05) is 0 Å². The number of hydrogen-bond acceptors (Lipinski definition) is 6. The average molecular weight is 369 g/mol. The first-order valence-electron chi connectivity index (χ1n) is 8.92. The molecule has 2 aromatic rings. The maximum atomic E-state index is 12.7. The van der Waals surface area contributed by atoms with Crippen LogP contribution in [0, 0.1) is 6.92 Å². The summed E-state index contributed by atoms with van der Waals surface area (Å²) in [7, 11) is 0. The molecule has 1 aliphatic heterocycles. The normalized spacial score (nSPS) is 16.8. The third-order valence-electron chi connectivity index (χ3n) is 4.37. The SMILES string of the molecule is Cc1cnc(CNC(=O)C[C@H]2COCCN2C(=O)Cc2ccncc2)cn1. The van der Waals surface area contributed by atoms with Crippen LogP contribution >= 0.6 is 0 Å². The van der Waals surface area contributed by atoms with Crippen molar-refractivity contribution in [2.45, 2.75) is 32.4 Å². The standard InChI is InChI=1S/C19H23N5O3/c1-14-10-22-16(11-21-14)12-23-18(25)9-17-13-27-7-6-24(17)19(26)8-15-2-4-20-5-3-15/h2-5,10-11,17H,6-9,12-13H2,1H3,(H,23,25)/t17-/m0/s1. The van der Waals surface area contributed by atoms with Crippen molar-refractivity contribution in [3.8, 4) is 0 Å². The summed E-state index contributed by atoms with van der Waals surface area (Å²) < 4.78 is 5.48. The molecule has 1 aliphatic rings. The lowest BCUT2D eigenvalue weighted by molar-refractivity contribution is -0.141. The number of aromatic nitrogens is 3. The monoisotopic (exact) mass is 369 g/mol. The Labute approximate surface area is 158 Å². The summed E-state index contributed by atoms with van der Waals surface area (Å²) in [5.41, 5.74) is 2.43. The van der Waals surface area contributed by atoms with Gasteiger partial charge >= 0.3 is 0 Å². The summed E-state index contributed by atoms with van der Waals surface area (Å²) in [6.07, 6.45) is 7.13. The summed E-state index contributed by atoms with van der Waals surface area (Å²) in [6, 6.07) is 3.38. The number of hydrogen-bond donors (Lipinski definition) is 1. The van der Waals surface area contributed by atoms with Crippen LogP contribution in [0.1, 0.15) is 23.4 Å². The van der Waals surface area contributed by atoms with Gasteiger partial charge < -0.3 is 15.0 Å². The Kier molecular flexibility index (Phi) is 6.43. The van der Waals surface area contributed by atoms with Crippen molar-refractivity contribution < 1.29 is 14.3 Å². The lowest BCUT2D eigenvalue weighted by Gasteiger charge is -2.35. The van der Waals surface area contributed by atoms with Gasteiger partial charge in [-0.05, 0) is 24.6 Å². The third kappa shape index (κ3) is 5.55. The number of nitrogens with zero attached hydrogens (tertiary/aromatic N) is 4. The number of amides is 2. The molecule has 1 N–H and O–H groups in total. The van der Waals surface area contributed by atoms with Gasteiger partial charge in [0.1, 0.15) is 0 Å². The van der Waals surface area contributed by atoms with Crippen LogP contribution in [-0.2, 0) is 27.3 Å². The molecule has 2 amide bonds. The second-order valence-electron chi connectivity index (χ2n) is 6.48. The molecule has 0 bridgehead atoms. The van der Waals surface area contributed by atoms with E-state index in [1.165, 1.54) is 0 Å². The number of carbonyl (C=O) groups excluding carboxylic acids is 2. The van der Waals surface area contributed by atoms with Crippen LogP contribution in [0.15, 0.2) is 36.9 Å². The Balaban J connectivity index is 1.54. The van der Waals surface area contributed by atoms with Crippen molar-refractivity contribution in [3.63, 3.8) is 0 Å². The number of ether oxygens (including phenoxy) is 1. The molecule has 0 unspecified atom stereocenters. The maximum Gasteiger partial charge on any atom is 0.227 e. The highest BCUT2D eigenvalue weighted by molar-refractivity contribution is 5.81. The molecule has 0 aliphatic carbocycles. The molecule has 1 fully saturated rings. The Morgan fingerprint density at radius 2 is 2.07 bits per heavy atom. The number of pyridine rings is 1. The van der Waals surface area contributed by atoms with Gasteiger partial charge in [0.05, 0.1) is 49.8 Å². The van der Waals surface area contributed by atoms with E-state index in [-0.39, 0.29) is 24.3 Å². The fourth-order valence-corrected chi connectivity index (χ4v) is 2.92. The largest absolute Gasteiger partial charge is 0.377 e. The van der Waals surface area contributed by atoms with Gasteiger partial charge in [-0.3, -0.25) is 24.5 Å². The van der Waals surface area contributed by atoms with E-state index in [4.69, 9.17) is 4.74 Å². The minimum atomic E-state index is -0.266. The van der Waals surface area contributed by atoms with Gasteiger partial charge in [-0.15, -0.1) is 0 Å².